The number of nitrogens with zero attached hydrogens (tertiary/aromatic N) is 1. The van der Waals surface area contributed by atoms with Crippen molar-refractivity contribution >= 4 is 17.7 Å². The Balaban J connectivity index is 2.14. The van der Waals surface area contributed by atoms with Gasteiger partial charge in [0.2, 0.25) is 0 Å². The van der Waals surface area contributed by atoms with Crippen LogP contribution in [0.1, 0.15) is 50.7 Å². The molecule has 0 unspecified atom stereocenters. The van der Waals surface area contributed by atoms with E-state index in [-0.39, 0.29) is 5.57 Å². The molecule has 0 saturated carbocycles. The molecule has 0 bridgehead atoms. The van der Waals surface area contributed by atoms with Gasteiger partial charge in [-0.2, -0.15) is 5.26 Å². The fourth-order valence-corrected chi connectivity index (χ4v) is 2.93. The Kier molecular flexibility index (Phi) is 9.47. The number of benzene rings is 2. The molecule has 0 heterocycles. The van der Waals surface area contributed by atoms with E-state index in [9.17, 15) is 10.1 Å². The first kappa shape index (κ1) is 23.0. The molecule has 30 heavy (non-hydrogen) atoms. The molecule has 0 aliphatic carbocycles. The molecule has 0 aliphatic heterocycles. The molecule has 0 aliphatic rings. The molecule has 0 spiro atoms. The number of para-hydroxylation sites is 1. The summed E-state index contributed by atoms with van der Waals surface area (Å²) in [5.74, 6) is 0.840. The first-order chi connectivity index (χ1) is 14.6. The highest BCUT2D eigenvalue weighted by atomic mass is 16.5. The number of hydrogen-bond donors (Lipinski definition) is 1. The van der Waals surface area contributed by atoms with Crippen molar-refractivity contribution < 1.29 is 14.3 Å². The van der Waals surface area contributed by atoms with Gasteiger partial charge in [0.15, 0.2) is 11.5 Å². The average Bonchev–Trinajstić information content (AvgIpc) is 2.75. The van der Waals surface area contributed by atoms with E-state index in [4.69, 9.17) is 9.47 Å². The van der Waals surface area contributed by atoms with Crippen LogP contribution in [0.2, 0.25) is 0 Å². The second-order valence-electron chi connectivity index (χ2n) is 6.99. The van der Waals surface area contributed by atoms with Crippen LogP contribution in [0.3, 0.4) is 0 Å². The summed E-state index contributed by atoms with van der Waals surface area (Å²) in [5, 5.41) is 12.3. The van der Waals surface area contributed by atoms with Gasteiger partial charge in [0.05, 0.1) is 13.2 Å². The van der Waals surface area contributed by atoms with Gasteiger partial charge in [-0.1, -0.05) is 50.5 Å². The fourth-order valence-electron chi connectivity index (χ4n) is 2.93. The first-order valence-electron chi connectivity index (χ1n) is 10.5. The minimum absolute atomic E-state index is 0.0222. The molecular formula is C25H30N2O3. The Morgan fingerprint density at radius 2 is 1.87 bits per heavy atom. The SMILES string of the molecule is CCCCCCOc1ccc(/C=C(/C#N)C(=O)Nc2ccccc2C)cc1OCC. The van der Waals surface area contributed by atoms with Crippen LogP contribution in [0.15, 0.2) is 48.0 Å². The summed E-state index contributed by atoms with van der Waals surface area (Å²) in [5.41, 5.74) is 2.34. The maximum absolute atomic E-state index is 12.5. The van der Waals surface area contributed by atoms with Crippen molar-refractivity contribution in [2.45, 2.75) is 46.5 Å². The molecule has 0 saturated heterocycles. The third-order valence-corrected chi connectivity index (χ3v) is 4.59. The number of unbranched alkanes of at least 4 members (excludes halogenated alkanes) is 3. The van der Waals surface area contributed by atoms with E-state index in [2.05, 4.69) is 12.2 Å². The number of hydrogen-bond acceptors (Lipinski definition) is 4. The van der Waals surface area contributed by atoms with Gasteiger partial charge in [0.1, 0.15) is 11.6 Å². The molecule has 1 N–H and O–H groups in total. The highest BCUT2D eigenvalue weighted by Gasteiger charge is 2.12. The maximum atomic E-state index is 12.5. The number of aryl methyl sites for hydroxylation is 1. The smallest absolute Gasteiger partial charge is 0.266 e. The zero-order valence-electron chi connectivity index (χ0n) is 18.0. The van der Waals surface area contributed by atoms with Crippen LogP contribution >= 0.6 is 0 Å². The third kappa shape index (κ3) is 6.97. The van der Waals surface area contributed by atoms with Gasteiger partial charge in [-0.15, -0.1) is 0 Å². The van der Waals surface area contributed by atoms with E-state index < -0.39 is 5.91 Å². The standard InChI is InChI=1S/C25H30N2O3/c1-4-6-7-10-15-30-23-14-13-20(17-24(23)29-5-2)16-21(18-26)25(28)27-22-12-9-8-11-19(22)3/h8-9,11-14,16-17H,4-7,10,15H2,1-3H3,(H,27,28)/b21-16-. The maximum Gasteiger partial charge on any atom is 0.266 e. The zero-order valence-corrected chi connectivity index (χ0v) is 18.0. The van der Waals surface area contributed by atoms with Crippen LogP contribution in [0, 0.1) is 18.3 Å². The van der Waals surface area contributed by atoms with Crippen molar-refractivity contribution in [2.75, 3.05) is 18.5 Å². The highest BCUT2D eigenvalue weighted by molar-refractivity contribution is 6.10. The summed E-state index contributed by atoms with van der Waals surface area (Å²) >= 11 is 0. The number of carbonyl (C=O) groups excluding carboxylic acids is 1. The number of nitrogens with one attached hydrogen (secondary N) is 1. The Labute approximate surface area is 179 Å². The van der Waals surface area contributed by atoms with Crippen LogP contribution in [0.25, 0.3) is 6.08 Å². The summed E-state index contributed by atoms with van der Waals surface area (Å²) in [6.45, 7) is 7.12. The number of anilines is 1. The van der Waals surface area contributed by atoms with Crippen LogP contribution in [-0.4, -0.2) is 19.1 Å². The molecule has 5 heteroatoms. The van der Waals surface area contributed by atoms with Crippen molar-refractivity contribution in [3.8, 4) is 17.6 Å². The van der Waals surface area contributed by atoms with Gasteiger partial charge in [0, 0.05) is 5.69 Å². The third-order valence-electron chi connectivity index (χ3n) is 4.59. The molecule has 0 radical (unpaired) electrons. The summed E-state index contributed by atoms with van der Waals surface area (Å²) in [6, 6.07) is 14.9. The van der Waals surface area contributed by atoms with Gasteiger partial charge in [0.25, 0.3) is 5.91 Å². The summed E-state index contributed by atoms with van der Waals surface area (Å²) in [4.78, 5) is 12.5. The van der Waals surface area contributed by atoms with Crippen LogP contribution in [-0.2, 0) is 4.79 Å². The second kappa shape index (κ2) is 12.3. The van der Waals surface area contributed by atoms with E-state index in [1.165, 1.54) is 12.8 Å². The van der Waals surface area contributed by atoms with Crippen molar-refractivity contribution in [2.24, 2.45) is 0 Å². The second-order valence-corrected chi connectivity index (χ2v) is 6.99. The van der Waals surface area contributed by atoms with Crippen molar-refractivity contribution in [3.05, 3.63) is 59.2 Å². The van der Waals surface area contributed by atoms with E-state index >= 15 is 0 Å². The molecular weight excluding hydrogens is 376 g/mol. The Bertz CT molecular complexity index is 913. The highest BCUT2D eigenvalue weighted by Crippen LogP contribution is 2.30. The first-order valence-corrected chi connectivity index (χ1v) is 10.5. The normalized spacial score (nSPS) is 10.9. The number of amides is 1. The van der Waals surface area contributed by atoms with Crippen LogP contribution in [0.4, 0.5) is 5.69 Å². The Hall–Kier alpha value is -3.26. The molecule has 5 nitrogen and oxygen atoms in total. The minimum atomic E-state index is -0.444. The van der Waals surface area contributed by atoms with Gasteiger partial charge < -0.3 is 14.8 Å². The fraction of sp³-hybridized carbons (Fsp3) is 0.360. The van der Waals surface area contributed by atoms with Gasteiger partial charge >= 0.3 is 0 Å². The molecule has 0 atom stereocenters. The van der Waals surface area contributed by atoms with E-state index in [0.717, 1.165) is 18.4 Å². The van der Waals surface area contributed by atoms with E-state index in [1.54, 1.807) is 12.1 Å². The van der Waals surface area contributed by atoms with Gasteiger partial charge in [-0.05, 0) is 55.7 Å². The summed E-state index contributed by atoms with van der Waals surface area (Å²) in [7, 11) is 0. The molecule has 0 aromatic heterocycles. The Morgan fingerprint density at radius 3 is 2.57 bits per heavy atom. The molecule has 2 rings (SSSR count). The molecule has 2 aromatic carbocycles. The van der Waals surface area contributed by atoms with E-state index in [0.29, 0.717) is 36.0 Å². The quantitative estimate of drug-likeness (QED) is 0.286. The van der Waals surface area contributed by atoms with Crippen LogP contribution < -0.4 is 14.8 Å². The number of rotatable bonds is 11. The van der Waals surface area contributed by atoms with Crippen molar-refractivity contribution in [1.29, 1.82) is 5.26 Å². The molecule has 2 aromatic rings. The lowest BCUT2D eigenvalue weighted by Gasteiger charge is -2.13. The lowest BCUT2D eigenvalue weighted by atomic mass is 10.1. The average molecular weight is 407 g/mol. The van der Waals surface area contributed by atoms with Crippen molar-refractivity contribution in [3.63, 3.8) is 0 Å². The number of nitriles is 1. The molecule has 1 amide bonds. The zero-order chi connectivity index (χ0) is 21.8. The lowest BCUT2D eigenvalue weighted by molar-refractivity contribution is -0.112. The largest absolute Gasteiger partial charge is 0.490 e. The predicted octanol–water partition coefficient (Wildman–Crippen LogP) is 5.90. The van der Waals surface area contributed by atoms with Gasteiger partial charge in [-0.3, -0.25) is 4.79 Å². The van der Waals surface area contributed by atoms with Crippen LogP contribution in [0.5, 0.6) is 11.5 Å². The topological polar surface area (TPSA) is 71.3 Å². The Morgan fingerprint density at radius 1 is 1.07 bits per heavy atom. The lowest BCUT2D eigenvalue weighted by Crippen LogP contribution is -2.14. The molecule has 158 valence electrons. The summed E-state index contributed by atoms with van der Waals surface area (Å²) < 4.78 is 11.6. The van der Waals surface area contributed by atoms with Crippen molar-refractivity contribution in [1.82, 2.24) is 0 Å². The monoisotopic (exact) mass is 406 g/mol. The molecule has 0 fully saturated rings. The van der Waals surface area contributed by atoms with E-state index in [1.807, 2.05) is 56.3 Å². The summed E-state index contributed by atoms with van der Waals surface area (Å²) in [6.07, 6.45) is 6.08. The minimum Gasteiger partial charge on any atom is -0.490 e. The predicted molar refractivity (Wildman–Crippen MR) is 121 cm³/mol. The number of ether oxygens (including phenoxy) is 2. The van der Waals surface area contributed by atoms with Gasteiger partial charge in [-0.25, -0.2) is 0 Å². The number of carbonyl (C=O) groups is 1.